The Kier molecular flexibility index (Phi) is 7.48. The normalized spacial score (nSPS) is 11.1. The third-order valence-electron chi connectivity index (χ3n) is 4.98. The van der Waals surface area contributed by atoms with Gasteiger partial charge in [0.2, 0.25) is 5.91 Å². The quantitative estimate of drug-likeness (QED) is 0.536. The predicted molar refractivity (Wildman–Crippen MR) is 125 cm³/mol. The minimum absolute atomic E-state index is 0.0870. The van der Waals surface area contributed by atoms with E-state index < -0.39 is 28.3 Å². The van der Waals surface area contributed by atoms with E-state index in [0.717, 1.165) is 27.7 Å². The predicted octanol–water partition coefficient (Wildman–Crippen LogP) is 3.58. The second kappa shape index (κ2) is 10.3. The molecule has 0 spiro atoms. The Morgan fingerprint density at radius 1 is 0.906 bits per heavy atom. The van der Waals surface area contributed by atoms with Crippen LogP contribution in [0.5, 0.6) is 0 Å². The summed E-state index contributed by atoms with van der Waals surface area (Å²) in [5.74, 6) is -0.969. The largest absolute Gasteiger partial charge is 0.373 e. The molecule has 0 aliphatic carbocycles. The lowest BCUT2D eigenvalue weighted by molar-refractivity contribution is -0.119. The van der Waals surface area contributed by atoms with Gasteiger partial charge in [-0.2, -0.15) is 0 Å². The van der Waals surface area contributed by atoms with Crippen molar-refractivity contribution < 1.29 is 17.6 Å². The van der Waals surface area contributed by atoms with Crippen molar-refractivity contribution >= 4 is 27.3 Å². The monoisotopic (exact) mass is 455 g/mol. The van der Waals surface area contributed by atoms with Gasteiger partial charge < -0.3 is 10.2 Å². The number of aryl methyl sites for hydroxylation is 1. The van der Waals surface area contributed by atoms with Gasteiger partial charge in [0.05, 0.1) is 10.6 Å². The number of carbonyl (C=O) groups is 1. The molecule has 0 aliphatic heterocycles. The summed E-state index contributed by atoms with van der Waals surface area (Å²) in [6, 6.07) is 21.1. The van der Waals surface area contributed by atoms with Gasteiger partial charge in [-0.05, 0) is 55.5 Å². The number of benzene rings is 3. The van der Waals surface area contributed by atoms with Crippen molar-refractivity contribution in [1.82, 2.24) is 5.32 Å². The number of amides is 1. The van der Waals surface area contributed by atoms with Crippen molar-refractivity contribution in [2.24, 2.45) is 0 Å². The Morgan fingerprint density at radius 3 is 2.16 bits per heavy atom. The molecule has 6 nitrogen and oxygen atoms in total. The van der Waals surface area contributed by atoms with Gasteiger partial charge in [-0.1, -0.05) is 35.9 Å². The summed E-state index contributed by atoms with van der Waals surface area (Å²) in [6.07, 6.45) is 0. The van der Waals surface area contributed by atoms with Gasteiger partial charge in [-0.15, -0.1) is 0 Å². The summed E-state index contributed by atoms with van der Waals surface area (Å²) in [5.41, 5.74) is 2.33. The fraction of sp³-hybridized carbons (Fsp3) is 0.208. The second-order valence-electron chi connectivity index (χ2n) is 7.41. The number of sulfonamides is 1. The Balaban J connectivity index is 1.73. The molecule has 0 saturated heterocycles. The summed E-state index contributed by atoms with van der Waals surface area (Å²) in [6.45, 7) is 2.41. The topological polar surface area (TPSA) is 69.7 Å². The van der Waals surface area contributed by atoms with E-state index in [-0.39, 0.29) is 4.90 Å². The van der Waals surface area contributed by atoms with Crippen LogP contribution < -0.4 is 14.5 Å². The molecule has 0 atom stereocenters. The molecule has 3 rings (SSSR count). The fourth-order valence-corrected chi connectivity index (χ4v) is 4.54. The first-order valence-corrected chi connectivity index (χ1v) is 11.6. The molecule has 0 radical (unpaired) electrons. The summed E-state index contributed by atoms with van der Waals surface area (Å²) >= 11 is 0. The Labute approximate surface area is 188 Å². The third kappa shape index (κ3) is 5.85. The van der Waals surface area contributed by atoms with E-state index in [4.69, 9.17) is 0 Å². The number of nitrogens with one attached hydrogen (secondary N) is 1. The number of nitrogens with zero attached hydrogens (tertiary/aromatic N) is 2. The average Bonchev–Trinajstić information content (AvgIpc) is 2.79. The Bertz CT molecular complexity index is 1140. The van der Waals surface area contributed by atoms with Crippen LogP contribution in [0, 0.1) is 12.7 Å². The summed E-state index contributed by atoms with van der Waals surface area (Å²) < 4.78 is 40.8. The number of hydrogen-bond acceptors (Lipinski definition) is 4. The smallest absolute Gasteiger partial charge is 0.264 e. The van der Waals surface area contributed by atoms with Gasteiger partial charge in [0.1, 0.15) is 12.4 Å². The highest BCUT2D eigenvalue weighted by atomic mass is 32.2. The van der Waals surface area contributed by atoms with Crippen LogP contribution in [0.3, 0.4) is 0 Å². The van der Waals surface area contributed by atoms with Crippen LogP contribution in [0.15, 0.2) is 83.8 Å². The molecule has 0 saturated carbocycles. The van der Waals surface area contributed by atoms with Crippen LogP contribution >= 0.6 is 0 Å². The van der Waals surface area contributed by atoms with Crippen LogP contribution in [0.1, 0.15) is 5.56 Å². The van der Waals surface area contributed by atoms with Gasteiger partial charge in [0, 0.05) is 25.8 Å². The molecule has 168 valence electrons. The highest BCUT2D eigenvalue weighted by Crippen LogP contribution is 2.24. The summed E-state index contributed by atoms with van der Waals surface area (Å²) in [7, 11) is -2.15. The third-order valence-corrected chi connectivity index (χ3v) is 6.77. The standard InChI is InChI=1S/C24H26FN3O3S/c1-19-8-12-22(13-9-19)28(32(30,31)23-14-10-20(25)11-15-23)18-24(29)26-16-17-27(2)21-6-4-3-5-7-21/h3-15H,16-18H2,1-2H3,(H,26,29). The summed E-state index contributed by atoms with van der Waals surface area (Å²) in [5, 5.41) is 2.78. The number of halogens is 1. The molecule has 32 heavy (non-hydrogen) atoms. The molecular formula is C24H26FN3O3S. The van der Waals surface area contributed by atoms with Gasteiger partial charge in [0.25, 0.3) is 10.0 Å². The Hall–Kier alpha value is -3.39. The molecule has 8 heteroatoms. The molecule has 0 bridgehead atoms. The number of hydrogen-bond donors (Lipinski definition) is 1. The van der Waals surface area contributed by atoms with E-state index in [1.54, 1.807) is 24.3 Å². The lowest BCUT2D eigenvalue weighted by Gasteiger charge is -2.25. The van der Waals surface area contributed by atoms with E-state index in [9.17, 15) is 17.6 Å². The van der Waals surface area contributed by atoms with Gasteiger partial charge in [-0.25, -0.2) is 12.8 Å². The van der Waals surface area contributed by atoms with Crippen LogP contribution in [0.2, 0.25) is 0 Å². The lowest BCUT2D eigenvalue weighted by Crippen LogP contribution is -2.42. The zero-order valence-corrected chi connectivity index (χ0v) is 18.8. The zero-order valence-electron chi connectivity index (χ0n) is 18.0. The van der Waals surface area contributed by atoms with E-state index in [2.05, 4.69) is 5.32 Å². The number of carbonyl (C=O) groups excluding carboxylic acids is 1. The fourth-order valence-electron chi connectivity index (χ4n) is 3.12. The molecule has 1 amide bonds. The van der Waals surface area contributed by atoms with E-state index >= 15 is 0 Å². The van der Waals surface area contributed by atoms with E-state index in [1.807, 2.05) is 49.2 Å². The molecule has 0 heterocycles. The molecule has 0 aliphatic rings. The summed E-state index contributed by atoms with van der Waals surface area (Å²) in [4.78, 5) is 14.6. The number of likely N-dealkylation sites (N-methyl/N-ethyl adjacent to an activating group) is 1. The van der Waals surface area contributed by atoms with E-state index in [1.165, 1.54) is 12.1 Å². The molecule has 0 aromatic heterocycles. The number of anilines is 2. The van der Waals surface area contributed by atoms with Crippen molar-refractivity contribution in [1.29, 1.82) is 0 Å². The van der Waals surface area contributed by atoms with Gasteiger partial charge in [-0.3, -0.25) is 9.10 Å². The van der Waals surface area contributed by atoms with Crippen molar-refractivity contribution in [3.63, 3.8) is 0 Å². The number of para-hydroxylation sites is 1. The molecule has 1 N–H and O–H groups in total. The van der Waals surface area contributed by atoms with Crippen molar-refractivity contribution in [3.05, 3.63) is 90.2 Å². The van der Waals surface area contributed by atoms with E-state index in [0.29, 0.717) is 18.8 Å². The molecule has 3 aromatic carbocycles. The van der Waals surface area contributed by atoms with Crippen molar-refractivity contribution in [2.45, 2.75) is 11.8 Å². The van der Waals surface area contributed by atoms with Crippen molar-refractivity contribution in [2.75, 3.05) is 35.9 Å². The second-order valence-corrected chi connectivity index (χ2v) is 9.27. The molecule has 0 fully saturated rings. The highest BCUT2D eigenvalue weighted by Gasteiger charge is 2.27. The first kappa shape index (κ1) is 23.3. The maximum Gasteiger partial charge on any atom is 0.264 e. The van der Waals surface area contributed by atoms with Crippen LogP contribution in [0.25, 0.3) is 0 Å². The maximum atomic E-state index is 13.3. The zero-order chi connectivity index (χ0) is 23.1. The SMILES string of the molecule is Cc1ccc(N(CC(=O)NCCN(C)c2ccccc2)S(=O)(=O)c2ccc(F)cc2)cc1. The van der Waals surface area contributed by atoms with Crippen LogP contribution in [0.4, 0.5) is 15.8 Å². The minimum atomic E-state index is -4.07. The van der Waals surface area contributed by atoms with Gasteiger partial charge >= 0.3 is 0 Å². The molecule has 3 aromatic rings. The number of rotatable bonds is 9. The van der Waals surface area contributed by atoms with Gasteiger partial charge in [0.15, 0.2) is 0 Å². The lowest BCUT2D eigenvalue weighted by atomic mass is 10.2. The first-order valence-electron chi connectivity index (χ1n) is 10.2. The Morgan fingerprint density at radius 2 is 1.53 bits per heavy atom. The highest BCUT2D eigenvalue weighted by molar-refractivity contribution is 7.92. The van der Waals surface area contributed by atoms with Crippen LogP contribution in [-0.2, 0) is 14.8 Å². The average molecular weight is 456 g/mol. The molecular weight excluding hydrogens is 429 g/mol. The molecule has 0 unspecified atom stereocenters. The van der Waals surface area contributed by atoms with Crippen LogP contribution in [-0.4, -0.2) is 41.0 Å². The first-order chi connectivity index (χ1) is 15.3. The minimum Gasteiger partial charge on any atom is -0.373 e. The van der Waals surface area contributed by atoms with Crippen molar-refractivity contribution in [3.8, 4) is 0 Å². The maximum absolute atomic E-state index is 13.3.